The average Bonchev–Trinajstić information content (AvgIpc) is 2.53. The van der Waals surface area contributed by atoms with E-state index in [-0.39, 0.29) is 5.75 Å². The third kappa shape index (κ3) is 4.37. The maximum atomic E-state index is 10.1. The van der Waals surface area contributed by atoms with Crippen molar-refractivity contribution in [2.24, 2.45) is 0 Å². The van der Waals surface area contributed by atoms with E-state index in [1.165, 1.54) is 18.4 Å². The zero-order valence-electron chi connectivity index (χ0n) is 13.6. The van der Waals surface area contributed by atoms with E-state index in [2.05, 4.69) is 33.1 Å². The predicted octanol–water partition coefficient (Wildman–Crippen LogP) is 3.69. The molecule has 0 radical (unpaired) electrons. The van der Waals surface area contributed by atoms with E-state index in [4.69, 9.17) is 4.74 Å². The van der Waals surface area contributed by atoms with Gasteiger partial charge in [-0.1, -0.05) is 19.8 Å². The van der Waals surface area contributed by atoms with E-state index in [0.717, 1.165) is 32.6 Å². The minimum Gasteiger partial charge on any atom is -0.503 e. The third-order valence-corrected chi connectivity index (χ3v) is 4.76. The van der Waals surface area contributed by atoms with Gasteiger partial charge in [0.1, 0.15) is 0 Å². The number of piperazine rings is 1. The number of hydrogen-bond acceptors (Lipinski definition) is 4. The normalized spacial score (nSPS) is 17.4. The number of unbranched alkanes of at least 4 members (excludes halogenated alkanes) is 1. The van der Waals surface area contributed by atoms with E-state index in [1.54, 1.807) is 0 Å². The molecule has 1 fully saturated rings. The first-order valence-electron chi connectivity index (χ1n) is 8.27. The molecule has 1 aromatic rings. The van der Waals surface area contributed by atoms with E-state index in [1.807, 2.05) is 19.1 Å². The van der Waals surface area contributed by atoms with Gasteiger partial charge in [-0.2, -0.15) is 0 Å². The molecule has 1 saturated heterocycles. The van der Waals surface area contributed by atoms with Crippen LogP contribution in [0.15, 0.2) is 16.6 Å². The van der Waals surface area contributed by atoms with Crippen LogP contribution in [0.1, 0.15) is 44.7 Å². The van der Waals surface area contributed by atoms with Crippen molar-refractivity contribution in [1.82, 2.24) is 10.2 Å². The summed E-state index contributed by atoms with van der Waals surface area (Å²) in [6.45, 7) is 8.93. The Balaban J connectivity index is 2.28. The second kappa shape index (κ2) is 8.75. The van der Waals surface area contributed by atoms with Gasteiger partial charge in [0.05, 0.1) is 11.1 Å². The van der Waals surface area contributed by atoms with Crippen LogP contribution in [0.5, 0.6) is 11.5 Å². The van der Waals surface area contributed by atoms with Crippen molar-refractivity contribution in [2.75, 3.05) is 32.8 Å². The van der Waals surface area contributed by atoms with Crippen molar-refractivity contribution in [3.8, 4) is 11.5 Å². The smallest absolute Gasteiger partial charge is 0.172 e. The van der Waals surface area contributed by atoms with Gasteiger partial charge in [0.15, 0.2) is 11.5 Å². The van der Waals surface area contributed by atoms with Crippen molar-refractivity contribution in [3.05, 3.63) is 22.2 Å². The fourth-order valence-corrected chi connectivity index (χ4v) is 3.46. The monoisotopic (exact) mass is 370 g/mol. The van der Waals surface area contributed by atoms with Crippen LogP contribution in [-0.2, 0) is 0 Å². The molecule has 0 aromatic heterocycles. The highest BCUT2D eigenvalue weighted by Crippen LogP contribution is 2.39. The maximum Gasteiger partial charge on any atom is 0.172 e. The fraction of sp³-hybridized carbons (Fsp3) is 0.647. The zero-order valence-corrected chi connectivity index (χ0v) is 15.2. The van der Waals surface area contributed by atoms with Crippen molar-refractivity contribution >= 4 is 15.9 Å². The molecule has 0 bridgehead atoms. The Hall–Kier alpha value is -0.780. The summed E-state index contributed by atoms with van der Waals surface area (Å²) in [4.78, 5) is 2.54. The largest absolute Gasteiger partial charge is 0.503 e. The van der Waals surface area contributed by atoms with Gasteiger partial charge >= 0.3 is 0 Å². The first-order chi connectivity index (χ1) is 10.7. The van der Waals surface area contributed by atoms with E-state index < -0.39 is 0 Å². The second-order valence-electron chi connectivity index (χ2n) is 5.73. The molecule has 1 aromatic carbocycles. The highest BCUT2D eigenvalue weighted by molar-refractivity contribution is 9.10. The lowest BCUT2D eigenvalue weighted by Gasteiger charge is -2.35. The number of nitrogens with zero attached hydrogens (tertiary/aromatic N) is 1. The number of halogens is 1. The van der Waals surface area contributed by atoms with Gasteiger partial charge in [-0.15, -0.1) is 0 Å². The van der Waals surface area contributed by atoms with Crippen LogP contribution >= 0.6 is 15.9 Å². The molecule has 22 heavy (non-hydrogen) atoms. The topological polar surface area (TPSA) is 44.7 Å². The van der Waals surface area contributed by atoms with Crippen LogP contribution in [0.25, 0.3) is 0 Å². The highest BCUT2D eigenvalue weighted by atomic mass is 79.9. The Bertz CT molecular complexity index is 476. The molecular weight excluding hydrogens is 344 g/mol. The molecule has 1 aliphatic heterocycles. The number of aromatic hydroxyl groups is 1. The summed E-state index contributed by atoms with van der Waals surface area (Å²) >= 11 is 3.47. The van der Waals surface area contributed by atoms with E-state index in [9.17, 15) is 5.11 Å². The molecule has 0 spiro atoms. The Labute approximate surface area is 142 Å². The van der Waals surface area contributed by atoms with Gasteiger partial charge in [-0.25, -0.2) is 0 Å². The SMILES string of the molecule is CCCC[C@@H](c1cc(Br)c(O)c(OCC)c1)N1CCNCC1. The van der Waals surface area contributed by atoms with Crippen LogP contribution in [0.4, 0.5) is 0 Å². The first kappa shape index (κ1) is 17.6. The molecule has 4 nitrogen and oxygen atoms in total. The zero-order chi connectivity index (χ0) is 15.9. The highest BCUT2D eigenvalue weighted by Gasteiger charge is 2.23. The summed E-state index contributed by atoms with van der Waals surface area (Å²) in [5, 5.41) is 13.5. The van der Waals surface area contributed by atoms with Crippen molar-refractivity contribution < 1.29 is 9.84 Å². The predicted molar refractivity (Wildman–Crippen MR) is 93.7 cm³/mol. The third-order valence-electron chi connectivity index (χ3n) is 4.16. The van der Waals surface area contributed by atoms with Gasteiger partial charge in [0.2, 0.25) is 0 Å². The summed E-state index contributed by atoms with van der Waals surface area (Å²) in [7, 11) is 0. The summed E-state index contributed by atoms with van der Waals surface area (Å²) in [6, 6.07) is 4.43. The summed E-state index contributed by atoms with van der Waals surface area (Å²) in [5.74, 6) is 0.767. The van der Waals surface area contributed by atoms with Gasteiger partial charge in [0, 0.05) is 32.2 Å². The Kier molecular flexibility index (Phi) is 6.99. The fourth-order valence-electron chi connectivity index (χ4n) is 3.00. The lowest BCUT2D eigenvalue weighted by atomic mass is 9.98. The lowest BCUT2D eigenvalue weighted by Crippen LogP contribution is -2.45. The quantitative estimate of drug-likeness (QED) is 0.767. The summed E-state index contributed by atoms with van der Waals surface area (Å²) < 4.78 is 6.30. The molecule has 0 amide bonds. The Morgan fingerprint density at radius 2 is 2.05 bits per heavy atom. The minimum absolute atomic E-state index is 0.195. The number of phenols is 1. The number of rotatable bonds is 7. The summed E-state index contributed by atoms with van der Waals surface area (Å²) in [5.41, 5.74) is 1.23. The maximum absolute atomic E-state index is 10.1. The number of nitrogens with one attached hydrogen (secondary N) is 1. The standard InChI is InChI=1S/C17H27BrN2O2/c1-3-5-6-15(20-9-7-19-8-10-20)13-11-14(18)17(21)16(12-13)22-4-2/h11-12,15,19,21H,3-10H2,1-2H3/t15-/m0/s1. The number of hydrogen-bond donors (Lipinski definition) is 2. The van der Waals surface area contributed by atoms with Gasteiger partial charge in [-0.3, -0.25) is 4.90 Å². The molecule has 1 atom stereocenters. The van der Waals surface area contributed by atoms with E-state index in [0.29, 0.717) is 22.9 Å². The second-order valence-corrected chi connectivity index (χ2v) is 6.58. The molecule has 1 aliphatic rings. The van der Waals surface area contributed by atoms with Gasteiger partial charge in [0.25, 0.3) is 0 Å². The Morgan fingerprint density at radius 3 is 2.68 bits per heavy atom. The van der Waals surface area contributed by atoms with Crippen molar-refractivity contribution in [1.29, 1.82) is 0 Å². The van der Waals surface area contributed by atoms with E-state index >= 15 is 0 Å². The van der Waals surface area contributed by atoms with Crippen molar-refractivity contribution in [3.63, 3.8) is 0 Å². The molecule has 124 valence electrons. The molecular formula is C17H27BrN2O2. The number of phenolic OH excluding ortho intramolecular Hbond substituents is 1. The molecule has 2 N–H and O–H groups in total. The lowest BCUT2D eigenvalue weighted by molar-refractivity contribution is 0.162. The van der Waals surface area contributed by atoms with Crippen LogP contribution in [-0.4, -0.2) is 42.8 Å². The number of ether oxygens (including phenoxy) is 1. The molecule has 2 rings (SSSR count). The molecule has 1 heterocycles. The average molecular weight is 371 g/mol. The summed E-state index contributed by atoms with van der Waals surface area (Å²) in [6.07, 6.45) is 3.54. The molecule has 0 unspecified atom stereocenters. The molecule has 0 aliphatic carbocycles. The van der Waals surface area contributed by atoms with Crippen LogP contribution in [0, 0.1) is 0 Å². The molecule has 5 heteroatoms. The number of benzene rings is 1. The van der Waals surface area contributed by atoms with Crippen LogP contribution in [0.2, 0.25) is 0 Å². The van der Waals surface area contributed by atoms with Crippen LogP contribution < -0.4 is 10.1 Å². The van der Waals surface area contributed by atoms with Gasteiger partial charge < -0.3 is 15.2 Å². The van der Waals surface area contributed by atoms with Crippen molar-refractivity contribution in [2.45, 2.75) is 39.2 Å². The minimum atomic E-state index is 0.195. The molecule has 0 saturated carbocycles. The first-order valence-corrected chi connectivity index (χ1v) is 9.06. The Morgan fingerprint density at radius 1 is 1.32 bits per heavy atom. The van der Waals surface area contributed by atoms with Crippen LogP contribution in [0.3, 0.4) is 0 Å². The van der Waals surface area contributed by atoms with Gasteiger partial charge in [-0.05, 0) is 47.0 Å².